The third-order valence-electron chi connectivity index (χ3n) is 3.59. The van der Waals surface area contributed by atoms with E-state index in [9.17, 15) is 4.79 Å². The second kappa shape index (κ2) is 6.76. The van der Waals surface area contributed by atoms with Gasteiger partial charge in [0.2, 0.25) is 0 Å². The lowest BCUT2D eigenvalue weighted by molar-refractivity contribution is 0.115. The first-order valence-corrected chi connectivity index (χ1v) is 7.51. The van der Waals surface area contributed by atoms with Crippen molar-refractivity contribution in [1.82, 2.24) is 9.36 Å². The summed E-state index contributed by atoms with van der Waals surface area (Å²) in [6.45, 7) is 7.37. The average molecular weight is 288 g/mol. The molecule has 0 saturated carbocycles. The van der Waals surface area contributed by atoms with Crippen molar-refractivity contribution in [2.45, 2.75) is 39.7 Å². The molecular weight excluding hydrogens is 264 g/mol. The van der Waals surface area contributed by atoms with Crippen LogP contribution in [0.15, 0.2) is 35.1 Å². The molecule has 0 aliphatic rings. The Labute approximate surface area is 126 Å². The van der Waals surface area contributed by atoms with Crippen LogP contribution in [-0.4, -0.2) is 16.0 Å². The molecule has 0 aliphatic heterocycles. The minimum atomic E-state index is 0.0498. The summed E-state index contributed by atoms with van der Waals surface area (Å²) in [5, 5.41) is 0. The normalized spacial score (nSPS) is 11.3. The van der Waals surface area contributed by atoms with Crippen LogP contribution in [0.4, 0.5) is 0 Å². The van der Waals surface area contributed by atoms with Crippen molar-refractivity contribution in [2.24, 2.45) is 7.05 Å². The Morgan fingerprint density at radius 2 is 1.86 bits per heavy atom. The van der Waals surface area contributed by atoms with E-state index in [1.54, 1.807) is 4.68 Å². The van der Waals surface area contributed by atoms with E-state index >= 15 is 0 Å². The van der Waals surface area contributed by atoms with Crippen molar-refractivity contribution in [1.29, 1.82) is 0 Å². The standard InChI is InChI=1S/C17H24N2O2/c1-5-11-21-12-15-16(13(2)3)17(20)19(18(15)4)14-9-7-6-8-10-14/h6-10,13H,5,11-12H2,1-4H3. The summed E-state index contributed by atoms with van der Waals surface area (Å²) >= 11 is 0. The van der Waals surface area contributed by atoms with E-state index in [1.165, 1.54) is 0 Å². The van der Waals surface area contributed by atoms with Crippen molar-refractivity contribution in [3.63, 3.8) is 0 Å². The Morgan fingerprint density at radius 3 is 2.43 bits per heavy atom. The van der Waals surface area contributed by atoms with E-state index in [2.05, 4.69) is 20.8 Å². The maximum absolute atomic E-state index is 12.8. The van der Waals surface area contributed by atoms with Gasteiger partial charge in [-0.2, -0.15) is 0 Å². The van der Waals surface area contributed by atoms with Gasteiger partial charge >= 0.3 is 0 Å². The van der Waals surface area contributed by atoms with Gasteiger partial charge in [0.1, 0.15) is 0 Å². The van der Waals surface area contributed by atoms with E-state index in [0.29, 0.717) is 13.2 Å². The predicted octanol–water partition coefficient (Wildman–Crippen LogP) is 3.23. The molecule has 4 heteroatoms. The minimum absolute atomic E-state index is 0.0498. The predicted molar refractivity (Wildman–Crippen MR) is 85.0 cm³/mol. The smallest absolute Gasteiger partial charge is 0.275 e. The van der Waals surface area contributed by atoms with Crippen molar-refractivity contribution in [2.75, 3.05) is 6.61 Å². The Hall–Kier alpha value is -1.81. The van der Waals surface area contributed by atoms with Crippen LogP contribution in [0.1, 0.15) is 44.4 Å². The van der Waals surface area contributed by atoms with E-state index in [0.717, 1.165) is 23.4 Å². The topological polar surface area (TPSA) is 36.2 Å². The fourth-order valence-electron chi connectivity index (χ4n) is 2.59. The lowest BCUT2D eigenvalue weighted by Gasteiger charge is -2.11. The van der Waals surface area contributed by atoms with Gasteiger partial charge < -0.3 is 4.74 Å². The van der Waals surface area contributed by atoms with E-state index in [1.807, 2.05) is 42.1 Å². The van der Waals surface area contributed by atoms with Crippen LogP contribution in [0.5, 0.6) is 0 Å². The molecule has 0 N–H and O–H groups in total. The molecule has 21 heavy (non-hydrogen) atoms. The number of aromatic nitrogens is 2. The van der Waals surface area contributed by atoms with Crippen molar-refractivity contribution >= 4 is 0 Å². The van der Waals surface area contributed by atoms with Crippen LogP contribution in [0.2, 0.25) is 0 Å². The maximum Gasteiger partial charge on any atom is 0.275 e. The molecule has 1 heterocycles. The summed E-state index contributed by atoms with van der Waals surface area (Å²) in [4.78, 5) is 12.8. The number of ether oxygens (including phenoxy) is 1. The molecule has 0 atom stereocenters. The largest absolute Gasteiger partial charge is 0.375 e. The Balaban J connectivity index is 2.53. The van der Waals surface area contributed by atoms with Gasteiger partial charge in [0.15, 0.2) is 0 Å². The highest BCUT2D eigenvalue weighted by Crippen LogP contribution is 2.19. The molecule has 0 amide bonds. The zero-order chi connectivity index (χ0) is 15.4. The van der Waals surface area contributed by atoms with E-state index < -0.39 is 0 Å². The summed E-state index contributed by atoms with van der Waals surface area (Å²) in [5.41, 5.74) is 2.74. The summed E-state index contributed by atoms with van der Waals surface area (Å²) in [5.74, 6) is 0.175. The van der Waals surface area contributed by atoms with Gasteiger partial charge in [-0.3, -0.25) is 9.48 Å². The molecule has 114 valence electrons. The molecule has 0 radical (unpaired) electrons. The quantitative estimate of drug-likeness (QED) is 0.765. The monoisotopic (exact) mass is 288 g/mol. The molecule has 0 spiro atoms. The van der Waals surface area contributed by atoms with Crippen LogP contribution in [0.3, 0.4) is 0 Å². The van der Waals surface area contributed by atoms with Crippen LogP contribution < -0.4 is 5.56 Å². The molecule has 2 aromatic rings. The Bertz CT molecular complexity index is 639. The molecule has 0 fully saturated rings. The van der Waals surface area contributed by atoms with Gasteiger partial charge in [0.05, 0.1) is 18.0 Å². The summed E-state index contributed by atoms with van der Waals surface area (Å²) < 4.78 is 9.31. The van der Waals surface area contributed by atoms with Gasteiger partial charge in [0, 0.05) is 19.2 Å². The number of nitrogens with zero attached hydrogens (tertiary/aromatic N) is 2. The first kappa shape index (κ1) is 15.6. The highest BCUT2D eigenvalue weighted by Gasteiger charge is 2.21. The van der Waals surface area contributed by atoms with Crippen molar-refractivity contribution in [3.8, 4) is 5.69 Å². The molecule has 4 nitrogen and oxygen atoms in total. The number of rotatable bonds is 6. The highest BCUT2D eigenvalue weighted by atomic mass is 16.5. The van der Waals surface area contributed by atoms with Crippen molar-refractivity contribution < 1.29 is 4.74 Å². The van der Waals surface area contributed by atoms with Crippen LogP contribution in [0, 0.1) is 0 Å². The lowest BCUT2D eigenvalue weighted by atomic mass is 10.0. The summed E-state index contributed by atoms with van der Waals surface area (Å²) in [6.07, 6.45) is 0.977. The Morgan fingerprint density at radius 1 is 1.19 bits per heavy atom. The van der Waals surface area contributed by atoms with Crippen molar-refractivity contribution in [3.05, 3.63) is 51.9 Å². The molecule has 0 unspecified atom stereocenters. The molecule has 1 aromatic carbocycles. The number of benzene rings is 1. The first-order valence-electron chi connectivity index (χ1n) is 7.51. The third-order valence-corrected chi connectivity index (χ3v) is 3.59. The molecule has 0 saturated heterocycles. The van der Waals surface area contributed by atoms with Crippen LogP contribution in [0.25, 0.3) is 5.69 Å². The van der Waals surface area contributed by atoms with Crippen LogP contribution in [-0.2, 0) is 18.4 Å². The van der Waals surface area contributed by atoms with E-state index in [-0.39, 0.29) is 11.5 Å². The molecule has 1 aromatic heterocycles. The fourth-order valence-corrected chi connectivity index (χ4v) is 2.59. The molecule has 0 aliphatic carbocycles. The van der Waals surface area contributed by atoms with E-state index in [4.69, 9.17) is 4.74 Å². The molecular formula is C17H24N2O2. The zero-order valence-electron chi connectivity index (χ0n) is 13.3. The zero-order valence-corrected chi connectivity index (χ0v) is 13.3. The third kappa shape index (κ3) is 3.10. The van der Waals surface area contributed by atoms with Gasteiger partial charge in [0.25, 0.3) is 5.56 Å². The highest BCUT2D eigenvalue weighted by molar-refractivity contribution is 5.34. The van der Waals surface area contributed by atoms with Gasteiger partial charge in [-0.05, 0) is 24.5 Å². The fraction of sp³-hybridized carbons (Fsp3) is 0.471. The number of hydrogen-bond donors (Lipinski definition) is 0. The molecule has 0 bridgehead atoms. The molecule has 2 rings (SSSR count). The Kier molecular flexibility index (Phi) is 5.02. The number of hydrogen-bond acceptors (Lipinski definition) is 2. The summed E-state index contributed by atoms with van der Waals surface area (Å²) in [7, 11) is 1.92. The first-order chi connectivity index (χ1) is 10.1. The average Bonchev–Trinajstić information content (AvgIpc) is 2.71. The second-order valence-electron chi connectivity index (χ2n) is 5.54. The lowest BCUT2D eigenvalue weighted by Crippen LogP contribution is -2.21. The SMILES string of the molecule is CCCOCc1c(C(C)C)c(=O)n(-c2ccccc2)n1C. The summed E-state index contributed by atoms with van der Waals surface area (Å²) in [6, 6.07) is 9.73. The van der Waals surface area contributed by atoms with Crippen LogP contribution >= 0.6 is 0 Å². The van der Waals surface area contributed by atoms with Gasteiger partial charge in [-0.1, -0.05) is 39.0 Å². The maximum atomic E-state index is 12.8. The number of para-hydroxylation sites is 1. The minimum Gasteiger partial charge on any atom is -0.375 e. The van der Waals surface area contributed by atoms with Gasteiger partial charge in [-0.25, -0.2) is 4.68 Å². The second-order valence-corrected chi connectivity index (χ2v) is 5.54. The van der Waals surface area contributed by atoms with Gasteiger partial charge in [-0.15, -0.1) is 0 Å².